The first kappa shape index (κ1) is 19.6. The molecule has 3 aromatic carbocycles. The number of benzene rings is 3. The van der Waals surface area contributed by atoms with Crippen LogP contribution in [0.3, 0.4) is 0 Å². The lowest BCUT2D eigenvalue weighted by Gasteiger charge is -2.14. The summed E-state index contributed by atoms with van der Waals surface area (Å²) in [6, 6.07) is 15.5. The van der Waals surface area contributed by atoms with E-state index in [1.54, 1.807) is 48.5 Å². The molecule has 0 fully saturated rings. The van der Waals surface area contributed by atoms with E-state index in [-0.39, 0.29) is 11.4 Å². The number of carbonyl (C=O) groups excluding carboxylic acids is 1. The van der Waals surface area contributed by atoms with E-state index in [0.717, 1.165) is 12.1 Å². The van der Waals surface area contributed by atoms with Gasteiger partial charge in [-0.3, -0.25) is 0 Å². The molecule has 2 N–H and O–H groups in total. The van der Waals surface area contributed by atoms with Gasteiger partial charge in [0.15, 0.2) is 0 Å². The molecular formula is C22H13ClF2N2O3. The molecule has 0 saturated heterocycles. The fourth-order valence-corrected chi connectivity index (χ4v) is 3.22. The highest BCUT2D eigenvalue weighted by Crippen LogP contribution is 2.34. The van der Waals surface area contributed by atoms with Crippen molar-refractivity contribution in [3.05, 3.63) is 93.8 Å². The predicted molar refractivity (Wildman–Crippen MR) is 112 cm³/mol. The minimum absolute atomic E-state index is 0.143. The van der Waals surface area contributed by atoms with Crippen molar-refractivity contribution >= 4 is 40.0 Å². The van der Waals surface area contributed by atoms with Crippen molar-refractivity contribution in [1.82, 2.24) is 0 Å². The van der Waals surface area contributed by atoms with Gasteiger partial charge in [-0.05, 0) is 35.9 Å². The molecule has 0 radical (unpaired) electrons. The Morgan fingerprint density at radius 1 is 0.933 bits per heavy atom. The minimum atomic E-state index is -0.953. The maximum absolute atomic E-state index is 13.8. The van der Waals surface area contributed by atoms with Crippen LogP contribution in [0.5, 0.6) is 0 Å². The maximum Gasteiger partial charge on any atom is 0.360 e. The van der Waals surface area contributed by atoms with Gasteiger partial charge in [0, 0.05) is 22.0 Å². The van der Waals surface area contributed by atoms with Crippen LogP contribution in [0.1, 0.15) is 0 Å². The topological polar surface area (TPSA) is 71.3 Å². The van der Waals surface area contributed by atoms with Crippen LogP contribution < -0.4 is 16.3 Å². The van der Waals surface area contributed by atoms with Gasteiger partial charge in [-0.15, -0.1) is 0 Å². The van der Waals surface area contributed by atoms with Gasteiger partial charge in [0.1, 0.15) is 22.9 Å². The van der Waals surface area contributed by atoms with E-state index in [9.17, 15) is 18.4 Å². The van der Waals surface area contributed by atoms with Crippen LogP contribution in [0.15, 0.2) is 75.9 Å². The molecule has 0 atom stereocenters. The molecule has 30 heavy (non-hydrogen) atoms. The monoisotopic (exact) mass is 426 g/mol. The number of nitrogens with one attached hydrogen (secondary N) is 2. The zero-order chi connectivity index (χ0) is 21.3. The SMILES string of the molecule is O=C(Nc1ccc(F)cc1F)Nc1c(-c2ccccc2)c2cc(Cl)ccc2oc1=O. The Bertz CT molecular complexity index is 1320. The van der Waals surface area contributed by atoms with E-state index in [1.165, 1.54) is 0 Å². The van der Waals surface area contributed by atoms with E-state index < -0.39 is 23.3 Å². The molecule has 0 bridgehead atoms. The summed E-state index contributed by atoms with van der Waals surface area (Å²) >= 11 is 6.12. The Morgan fingerprint density at radius 2 is 1.70 bits per heavy atom. The van der Waals surface area contributed by atoms with Crippen molar-refractivity contribution in [2.45, 2.75) is 0 Å². The molecule has 1 heterocycles. The fourth-order valence-electron chi connectivity index (χ4n) is 3.05. The summed E-state index contributed by atoms with van der Waals surface area (Å²) in [6.07, 6.45) is 0. The molecule has 0 aliphatic heterocycles. The molecular weight excluding hydrogens is 414 g/mol. The van der Waals surface area contributed by atoms with Gasteiger partial charge >= 0.3 is 11.7 Å². The van der Waals surface area contributed by atoms with Crippen LogP contribution in [-0.4, -0.2) is 6.03 Å². The molecule has 0 aliphatic rings. The molecule has 4 aromatic rings. The summed E-state index contributed by atoms with van der Waals surface area (Å²) in [7, 11) is 0. The highest BCUT2D eigenvalue weighted by Gasteiger charge is 2.19. The number of amides is 2. The summed E-state index contributed by atoms with van der Waals surface area (Å²) in [5.41, 5.74) is 0.150. The molecule has 0 aliphatic carbocycles. The van der Waals surface area contributed by atoms with Crippen molar-refractivity contribution < 1.29 is 18.0 Å². The molecule has 8 heteroatoms. The van der Waals surface area contributed by atoms with Gasteiger partial charge < -0.3 is 15.1 Å². The number of rotatable bonds is 3. The average molecular weight is 427 g/mol. The van der Waals surface area contributed by atoms with Gasteiger partial charge in [-0.25, -0.2) is 18.4 Å². The van der Waals surface area contributed by atoms with Gasteiger partial charge in [0.25, 0.3) is 0 Å². The van der Waals surface area contributed by atoms with E-state index >= 15 is 0 Å². The van der Waals surface area contributed by atoms with Crippen molar-refractivity contribution in [3.8, 4) is 11.1 Å². The van der Waals surface area contributed by atoms with Crippen LogP contribution in [0.2, 0.25) is 5.02 Å². The average Bonchev–Trinajstić information content (AvgIpc) is 2.72. The number of fused-ring (bicyclic) bond motifs is 1. The maximum atomic E-state index is 13.8. The zero-order valence-corrected chi connectivity index (χ0v) is 16.0. The van der Waals surface area contributed by atoms with Gasteiger partial charge in [-0.2, -0.15) is 0 Å². The van der Waals surface area contributed by atoms with Crippen molar-refractivity contribution in [3.63, 3.8) is 0 Å². The normalized spacial score (nSPS) is 10.8. The van der Waals surface area contributed by atoms with Crippen molar-refractivity contribution in [2.75, 3.05) is 10.6 Å². The summed E-state index contributed by atoms with van der Waals surface area (Å²) in [6.45, 7) is 0. The smallest absolute Gasteiger partial charge is 0.360 e. The molecule has 150 valence electrons. The zero-order valence-electron chi connectivity index (χ0n) is 15.2. The Labute approximate surface area is 173 Å². The quantitative estimate of drug-likeness (QED) is 0.392. The lowest BCUT2D eigenvalue weighted by atomic mass is 10.00. The van der Waals surface area contributed by atoms with Crippen LogP contribution in [0.4, 0.5) is 25.0 Å². The molecule has 4 rings (SSSR count). The number of carbonyl (C=O) groups is 1. The van der Waals surface area contributed by atoms with Gasteiger partial charge in [0.2, 0.25) is 0 Å². The minimum Gasteiger partial charge on any atom is -0.421 e. The molecule has 1 aromatic heterocycles. The number of hydrogen-bond donors (Lipinski definition) is 2. The van der Waals surface area contributed by atoms with Crippen LogP contribution in [0.25, 0.3) is 22.1 Å². The van der Waals surface area contributed by atoms with Gasteiger partial charge in [0.05, 0.1) is 5.69 Å². The Hall–Kier alpha value is -3.71. The first-order chi connectivity index (χ1) is 14.4. The lowest BCUT2D eigenvalue weighted by molar-refractivity contribution is 0.262. The number of halogens is 3. The van der Waals surface area contributed by atoms with E-state index in [1.807, 2.05) is 0 Å². The highest BCUT2D eigenvalue weighted by atomic mass is 35.5. The third kappa shape index (κ3) is 3.88. The summed E-state index contributed by atoms with van der Waals surface area (Å²) in [5, 5.41) is 5.60. The fraction of sp³-hybridized carbons (Fsp3) is 0. The molecule has 0 saturated carbocycles. The number of hydrogen-bond acceptors (Lipinski definition) is 3. The lowest BCUT2D eigenvalue weighted by Crippen LogP contribution is -2.24. The number of urea groups is 1. The third-order valence-corrected chi connectivity index (χ3v) is 4.58. The first-order valence-electron chi connectivity index (χ1n) is 8.77. The van der Waals surface area contributed by atoms with Crippen molar-refractivity contribution in [2.24, 2.45) is 0 Å². The summed E-state index contributed by atoms with van der Waals surface area (Å²) in [4.78, 5) is 25.1. The van der Waals surface area contributed by atoms with E-state index in [2.05, 4.69) is 10.6 Å². The molecule has 0 unspecified atom stereocenters. The molecule has 0 spiro atoms. The second-order valence-electron chi connectivity index (χ2n) is 6.35. The first-order valence-corrected chi connectivity index (χ1v) is 9.15. The molecule has 5 nitrogen and oxygen atoms in total. The largest absolute Gasteiger partial charge is 0.421 e. The Kier molecular flexibility index (Phi) is 5.20. The summed E-state index contributed by atoms with van der Waals surface area (Å²) < 4.78 is 32.2. The second-order valence-corrected chi connectivity index (χ2v) is 6.79. The van der Waals surface area contributed by atoms with Crippen molar-refractivity contribution in [1.29, 1.82) is 0 Å². The molecule has 2 amide bonds. The van der Waals surface area contributed by atoms with Crippen LogP contribution in [-0.2, 0) is 0 Å². The standard InChI is InChI=1S/C22H13ClF2N2O3/c23-13-6-9-18-15(10-13)19(12-4-2-1-3-5-12)20(21(28)30-18)27-22(29)26-17-8-7-14(24)11-16(17)25/h1-11H,(H2,26,27,29). The summed E-state index contributed by atoms with van der Waals surface area (Å²) in [5.74, 6) is -1.73. The number of anilines is 2. The van der Waals surface area contributed by atoms with Gasteiger partial charge in [-0.1, -0.05) is 41.9 Å². The predicted octanol–water partition coefficient (Wildman–Crippen LogP) is 6.04. The second kappa shape index (κ2) is 7.96. The Balaban J connectivity index is 1.81. The van der Waals surface area contributed by atoms with Crippen LogP contribution in [0, 0.1) is 11.6 Å². The van der Waals surface area contributed by atoms with E-state index in [4.69, 9.17) is 16.0 Å². The highest BCUT2D eigenvalue weighted by molar-refractivity contribution is 6.31. The third-order valence-electron chi connectivity index (χ3n) is 4.35. The van der Waals surface area contributed by atoms with Crippen LogP contribution >= 0.6 is 11.6 Å². The Morgan fingerprint density at radius 3 is 2.43 bits per heavy atom. The van der Waals surface area contributed by atoms with E-state index in [0.29, 0.717) is 33.2 Å².